The minimum atomic E-state index is -0.228. The first-order chi connectivity index (χ1) is 6.66. The molecular formula is C11H17NO2. The van der Waals surface area contributed by atoms with Crippen LogP contribution in [0.3, 0.4) is 0 Å². The average Bonchev–Trinajstić information content (AvgIpc) is 2.48. The van der Waals surface area contributed by atoms with Crippen molar-refractivity contribution in [2.75, 3.05) is 6.61 Å². The van der Waals surface area contributed by atoms with Crippen LogP contribution in [0.2, 0.25) is 0 Å². The van der Waals surface area contributed by atoms with E-state index in [1.54, 1.807) is 6.07 Å². The molecule has 0 unspecified atom stereocenters. The summed E-state index contributed by atoms with van der Waals surface area (Å²) in [6, 6.07) is 3.71. The molecule has 0 saturated carbocycles. The molecule has 0 aliphatic heterocycles. The Balaban J connectivity index is 2.56. The summed E-state index contributed by atoms with van der Waals surface area (Å²) < 4.78 is 6.94. The molecule has 0 saturated heterocycles. The second-order valence-corrected chi connectivity index (χ2v) is 3.41. The van der Waals surface area contributed by atoms with Crippen molar-refractivity contribution in [3.8, 4) is 0 Å². The molecule has 78 valence electrons. The van der Waals surface area contributed by atoms with Crippen molar-refractivity contribution in [2.24, 2.45) is 7.05 Å². The zero-order valence-electron chi connectivity index (χ0n) is 9.04. The maximum Gasteiger partial charge on any atom is 0.354 e. The number of rotatable bonds is 4. The number of ether oxygens (including phenoxy) is 1. The number of carbonyl (C=O) groups excluding carboxylic acids is 1. The fourth-order valence-electron chi connectivity index (χ4n) is 1.20. The summed E-state index contributed by atoms with van der Waals surface area (Å²) in [6.07, 6.45) is 1.97. The second-order valence-electron chi connectivity index (χ2n) is 3.41. The molecule has 0 amide bonds. The van der Waals surface area contributed by atoms with Gasteiger partial charge in [-0.05, 0) is 25.5 Å². The minimum absolute atomic E-state index is 0.228. The van der Waals surface area contributed by atoms with Crippen LogP contribution in [0.1, 0.15) is 35.9 Å². The number of carbonyl (C=O) groups is 1. The lowest BCUT2D eigenvalue weighted by Gasteiger charge is -2.05. The lowest BCUT2D eigenvalue weighted by molar-refractivity contribution is 0.0488. The van der Waals surface area contributed by atoms with Crippen LogP contribution >= 0.6 is 0 Å². The van der Waals surface area contributed by atoms with Crippen LogP contribution in [0.4, 0.5) is 0 Å². The topological polar surface area (TPSA) is 31.2 Å². The molecular weight excluding hydrogens is 178 g/mol. The Hall–Kier alpha value is -1.25. The van der Waals surface area contributed by atoms with E-state index in [-0.39, 0.29) is 5.97 Å². The molecule has 1 rings (SSSR count). The highest BCUT2D eigenvalue weighted by Gasteiger charge is 2.11. The molecule has 0 aromatic carbocycles. The summed E-state index contributed by atoms with van der Waals surface area (Å²) in [6.45, 7) is 4.54. The highest BCUT2D eigenvalue weighted by Crippen LogP contribution is 2.07. The fourth-order valence-corrected chi connectivity index (χ4v) is 1.20. The number of unbranched alkanes of at least 4 members (excludes halogenated alkanes) is 1. The molecule has 3 heteroatoms. The molecule has 0 spiro atoms. The van der Waals surface area contributed by atoms with Gasteiger partial charge in [0.1, 0.15) is 5.69 Å². The molecule has 0 radical (unpaired) electrons. The van der Waals surface area contributed by atoms with E-state index in [1.165, 1.54) is 0 Å². The summed E-state index contributed by atoms with van der Waals surface area (Å²) in [7, 11) is 1.87. The van der Waals surface area contributed by atoms with Gasteiger partial charge in [0, 0.05) is 12.7 Å². The standard InChI is InChI=1S/C11H17NO2/c1-4-5-8-14-11(13)10-7-6-9(2)12(10)3/h6-7H,4-5,8H2,1-3H3. The quantitative estimate of drug-likeness (QED) is 0.545. The van der Waals surface area contributed by atoms with Gasteiger partial charge in [-0.2, -0.15) is 0 Å². The highest BCUT2D eigenvalue weighted by atomic mass is 16.5. The van der Waals surface area contributed by atoms with Crippen molar-refractivity contribution in [1.82, 2.24) is 4.57 Å². The first kappa shape index (κ1) is 10.8. The molecule has 3 nitrogen and oxygen atoms in total. The Morgan fingerprint density at radius 3 is 2.71 bits per heavy atom. The van der Waals surface area contributed by atoms with Gasteiger partial charge in [0.15, 0.2) is 0 Å². The van der Waals surface area contributed by atoms with Gasteiger partial charge in [0.25, 0.3) is 0 Å². The van der Waals surface area contributed by atoms with E-state index < -0.39 is 0 Å². The van der Waals surface area contributed by atoms with Crippen molar-refractivity contribution in [3.63, 3.8) is 0 Å². The predicted octanol–water partition coefficient (Wildman–Crippen LogP) is 2.29. The summed E-state index contributed by atoms with van der Waals surface area (Å²) in [5.74, 6) is -0.228. The zero-order chi connectivity index (χ0) is 10.6. The van der Waals surface area contributed by atoms with E-state index in [0.29, 0.717) is 12.3 Å². The number of hydrogen-bond donors (Lipinski definition) is 0. The Morgan fingerprint density at radius 1 is 1.50 bits per heavy atom. The molecule has 0 bridgehead atoms. The molecule has 0 atom stereocenters. The minimum Gasteiger partial charge on any atom is -0.461 e. The lowest BCUT2D eigenvalue weighted by Crippen LogP contribution is -2.11. The molecule has 1 aromatic rings. The summed E-state index contributed by atoms with van der Waals surface area (Å²) >= 11 is 0. The molecule has 14 heavy (non-hydrogen) atoms. The normalized spacial score (nSPS) is 10.2. The summed E-state index contributed by atoms with van der Waals surface area (Å²) in [5, 5.41) is 0. The highest BCUT2D eigenvalue weighted by molar-refractivity contribution is 5.87. The number of esters is 1. The second kappa shape index (κ2) is 4.84. The van der Waals surface area contributed by atoms with Gasteiger partial charge in [0.2, 0.25) is 0 Å². The number of aryl methyl sites for hydroxylation is 1. The van der Waals surface area contributed by atoms with Crippen molar-refractivity contribution in [3.05, 3.63) is 23.5 Å². The fraction of sp³-hybridized carbons (Fsp3) is 0.545. The monoisotopic (exact) mass is 195 g/mol. The molecule has 0 N–H and O–H groups in total. The van der Waals surface area contributed by atoms with E-state index in [2.05, 4.69) is 6.92 Å². The maximum atomic E-state index is 11.5. The van der Waals surface area contributed by atoms with Crippen molar-refractivity contribution < 1.29 is 9.53 Å². The van der Waals surface area contributed by atoms with Gasteiger partial charge in [-0.3, -0.25) is 0 Å². The molecule has 1 heterocycles. The number of nitrogens with zero attached hydrogens (tertiary/aromatic N) is 1. The van der Waals surface area contributed by atoms with Gasteiger partial charge in [-0.15, -0.1) is 0 Å². The van der Waals surface area contributed by atoms with Crippen molar-refractivity contribution in [1.29, 1.82) is 0 Å². The van der Waals surface area contributed by atoms with Crippen LogP contribution in [0, 0.1) is 6.92 Å². The molecule has 0 fully saturated rings. The van der Waals surface area contributed by atoms with E-state index in [9.17, 15) is 4.79 Å². The molecule has 0 aliphatic rings. The van der Waals surface area contributed by atoms with Crippen LogP contribution in [0.5, 0.6) is 0 Å². The first-order valence-electron chi connectivity index (χ1n) is 4.96. The third-order valence-corrected chi connectivity index (χ3v) is 2.31. The Labute approximate surface area is 84.7 Å². The maximum absolute atomic E-state index is 11.5. The van der Waals surface area contributed by atoms with E-state index in [4.69, 9.17) is 4.74 Å². The number of aromatic nitrogens is 1. The third kappa shape index (κ3) is 2.37. The van der Waals surface area contributed by atoms with Crippen LogP contribution in [0.15, 0.2) is 12.1 Å². The molecule has 0 aliphatic carbocycles. The Kier molecular flexibility index (Phi) is 3.74. The summed E-state index contributed by atoms with van der Waals surface area (Å²) in [5.41, 5.74) is 1.69. The van der Waals surface area contributed by atoms with Crippen molar-refractivity contribution >= 4 is 5.97 Å². The van der Waals surface area contributed by atoms with Gasteiger partial charge in [0.05, 0.1) is 6.61 Å². The van der Waals surface area contributed by atoms with Crippen LogP contribution < -0.4 is 0 Å². The van der Waals surface area contributed by atoms with Crippen molar-refractivity contribution in [2.45, 2.75) is 26.7 Å². The van der Waals surface area contributed by atoms with E-state index >= 15 is 0 Å². The lowest BCUT2D eigenvalue weighted by atomic mass is 10.3. The van der Waals surface area contributed by atoms with Crippen LogP contribution in [-0.2, 0) is 11.8 Å². The Morgan fingerprint density at radius 2 is 2.21 bits per heavy atom. The van der Waals surface area contributed by atoms with Gasteiger partial charge in [-0.25, -0.2) is 4.79 Å². The van der Waals surface area contributed by atoms with Crippen LogP contribution in [0.25, 0.3) is 0 Å². The predicted molar refractivity (Wildman–Crippen MR) is 55.3 cm³/mol. The molecule has 1 aromatic heterocycles. The smallest absolute Gasteiger partial charge is 0.354 e. The van der Waals surface area contributed by atoms with Gasteiger partial charge < -0.3 is 9.30 Å². The van der Waals surface area contributed by atoms with Crippen LogP contribution in [-0.4, -0.2) is 17.1 Å². The SMILES string of the molecule is CCCCOC(=O)c1ccc(C)n1C. The van der Waals surface area contributed by atoms with Gasteiger partial charge >= 0.3 is 5.97 Å². The first-order valence-corrected chi connectivity index (χ1v) is 4.96. The van der Waals surface area contributed by atoms with E-state index in [0.717, 1.165) is 18.5 Å². The largest absolute Gasteiger partial charge is 0.461 e. The van der Waals surface area contributed by atoms with Gasteiger partial charge in [-0.1, -0.05) is 13.3 Å². The average molecular weight is 195 g/mol. The zero-order valence-corrected chi connectivity index (χ0v) is 9.04. The summed E-state index contributed by atoms with van der Waals surface area (Å²) in [4.78, 5) is 11.5. The number of hydrogen-bond acceptors (Lipinski definition) is 2. The third-order valence-electron chi connectivity index (χ3n) is 2.31. The Bertz CT molecular complexity index is 315. The van der Waals surface area contributed by atoms with E-state index in [1.807, 2.05) is 24.6 Å².